The van der Waals surface area contributed by atoms with Gasteiger partial charge in [-0.2, -0.15) is 10.1 Å². The number of aromatic nitrogens is 4. The molecule has 2 heterocycles. The summed E-state index contributed by atoms with van der Waals surface area (Å²) in [6.45, 7) is 6.34. The number of nitrogens with zero attached hydrogens (tertiary/aromatic N) is 4. The van der Waals surface area contributed by atoms with Crippen molar-refractivity contribution in [3.05, 3.63) is 71.0 Å². The molecule has 202 valence electrons. The van der Waals surface area contributed by atoms with E-state index in [1.807, 2.05) is 48.1 Å². The van der Waals surface area contributed by atoms with Gasteiger partial charge in [0, 0.05) is 36.3 Å². The van der Waals surface area contributed by atoms with E-state index in [0.717, 1.165) is 33.3 Å². The van der Waals surface area contributed by atoms with Gasteiger partial charge in [-0.1, -0.05) is 24.3 Å². The SMILES string of the molecule is Cc1cc2cnn(C(C)C)c2cc1Nc1ncc(C(=O)NCC2(O)CC2)c(N[C@H]2c3ccccc3C[C@H]2O)n1. The fourth-order valence-corrected chi connectivity index (χ4v) is 5.15. The number of amides is 1. The Hall–Kier alpha value is -4.02. The van der Waals surface area contributed by atoms with Crippen molar-refractivity contribution in [3.8, 4) is 0 Å². The summed E-state index contributed by atoms with van der Waals surface area (Å²) in [6, 6.07) is 11.7. The summed E-state index contributed by atoms with van der Waals surface area (Å²) in [5.74, 6) is 0.233. The van der Waals surface area contributed by atoms with Gasteiger partial charge in [-0.3, -0.25) is 9.48 Å². The lowest BCUT2D eigenvalue weighted by Crippen LogP contribution is -2.34. The number of rotatable bonds is 8. The first-order valence-electron chi connectivity index (χ1n) is 13.4. The standard InChI is InChI=1S/C29H33N7O3/c1-16(2)36-23-12-22(17(3)10-19(23)13-32-36)33-28-30-14-21(27(38)31-15-29(39)8-9-29)26(35-28)34-25-20-7-5-4-6-18(20)11-24(25)37/h4-7,10,12-14,16,24-25,37,39H,8-9,11,15H2,1-3H3,(H,31,38)(H2,30,33,34,35)/t24-,25+/m1/s1. The molecule has 1 fully saturated rings. The van der Waals surface area contributed by atoms with Crippen LogP contribution in [-0.2, 0) is 6.42 Å². The van der Waals surface area contributed by atoms with Gasteiger partial charge < -0.3 is 26.2 Å². The van der Waals surface area contributed by atoms with Crippen LogP contribution >= 0.6 is 0 Å². The zero-order valence-corrected chi connectivity index (χ0v) is 22.3. The van der Waals surface area contributed by atoms with Gasteiger partial charge in [-0.05, 0) is 62.4 Å². The molecule has 5 N–H and O–H groups in total. The predicted octanol–water partition coefficient (Wildman–Crippen LogP) is 3.78. The molecule has 1 amide bonds. The molecule has 0 radical (unpaired) electrons. The zero-order valence-electron chi connectivity index (χ0n) is 22.3. The molecular formula is C29H33N7O3. The molecule has 0 aliphatic heterocycles. The second kappa shape index (κ2) is 9.62. The maximum Gasteiger partial charge on any atom is 0.256 e. The second-order valence-corrected chi connectivity index (χ2v) is 11.0. The molecular weight excluding hydrogens is 494 g/mol. The smallest absolute Gasteiger partial charge is 0.256 e. The molecule has 1 saturated carbocycles. The van der Waals surface area contributed by atoms with E-state index in [-0.39, 0.29) is 24.1 Å². The summed E-state index contributed by atoms with van der Waals surface area (Å²) >= 11 is 0. The third-order valence-corrected chi connectivity index (χ3v) is 7.61. The van der Waals surface area contributed by atoms with Crippen LogP contribution in [0.5, 0.6) is 0 Å². The number of hydrogen-bond acceptors (Lipinski definition) is 8. The number of hydrogen-bond donors (Lipinski definition) is 5. The first-order valence-corrected chi connectivity index (χ1v) is 13.4. The van der Waals surface area contributed by atoms with Gasteiger partial charge in [0.15, 0.2) is 0 Å². The van der Waals surface area contributed by atoms with Crippen molar-refractivity contribution in [2.45, 2.75) is 63.8 Å². The third kappa shape index (κ3) is 4.93. The monoisotopic (exact) mass is 527 g/mol. The zero-order chi connectivity index (χ0) is 27.3. The molecule has 0 spiro atoms. The van der Waals surface area contributed by atoms with Crippen molar-refractivity contribution >= 4 is 34.3 Å². The van der Waals surface area contributed by atoms with Crippen molar-refractivity contribution in [2.75, 3.05) is 17.2 Å². The summed E-state index contributed by atoms with van der Waals surface area (Å²) < 4.78 is 1.97. The van der Waals surface area contributed by atoms with Crippen LogP contribution in [0, 0.1) is 6.92 Å². The van der Waals surface area contributed by atoms with Crippen LogP contribution in [0.25, 0.3) is 10.9 Å². The summed E-state index contributed by atoms with van der Waals surface area (Å²) in [7, 11) is 0. The Labute approximate surface area is 226 Å². The molecule has 2 aliphatic carbocycles. The Kier molecular flexibility index (Phi) is 6.23. The number of benzene rings is 2. The average Bonchev–Trinajstić information content (AvgIpc) is 3.37. The van der Waals surface area contributed by atoms with Gasteiger partial charge in [0.1, 0.15) is 11.4 Å². The number of anilines is 3. The molecule has 2 aromatic heterocycles. The fraction of sp³-hybridized carbons (Fsp3) is 0.379. The van der Waals surface area contributed by atoms with Crippen LogP contribution in [0.4, 0.5) is 17.5 Å². The molecule has 0 bridgehead atoms. The van der Waals surface area contributed by atoms with E-state index in [2.05, 4.69) is 45.9 Å². The molecule has 39 heavy (non-hydrogen) atoms. The van der Waals surface area contributed by atoms with Crippen LogP contribution in [0.1, 0.15) is 65.8 Å². The minimum atomic E-state index is -0.829. The van der Waals surface area contributed by atoms with Crippen molar-refractivity contribution in [1.29, 1.82) is 0 Å². The summed E-state index contributed by atoms with van der Waals surface area (Å²) in [5, 5.41) is 36.1. The molecule has 6 rings (SSSR count). The molecule has 10 nitrogen and oxygen atoms in total. The average molecular weight is 528 g/mol. The summed E-state index contributed by atoms with van der Waals surface area (Å²) in [5.41, 5.74) is 4.27. The minimum Gasteiger partial charge on any atom is -0.390 e. The summed E-state index contributed by atoms with van der Waals surface area (Å²) in [4.78, 5) is 22.3. The van der Waals surface area contributed by atoms with Gasteiger partial charge in [0.25, 0.3) is 5.91 Å². The van der Waals surface area contributed by atoms with Crippen LogP contribution < -0.4 is 16.0 Å². The lowest BCUT2D eigenvalue weighted by atomic mass is 10.1. The highest BCUT2D eigenvalue weighted by Gasteiger charge is 2.40. The van der Waals surface area contributed by atoms with Crippen molar-refractivity contribution in [1.82, 2.24) is 25.1 Å². The Morgan fingerprint density at radius 3 is 2.77 bits per heavy atom. The molecule has 4 aromatic rings. The largest absolute Gasteiger partial charge is 0.390 e. The highest BCUT2D eigenvalue weighted by molar-refractivity contribution is 5.99. The Morgan fingerprint density at radius 2 is 2.00 bits per heavy atom. The van der Waals surface area contributed by atoms with E-state index in [0.29, 0.717) is 31.0 Å². The van der Waals surface area contributed by atoms with E-state index in [1.54, 1.807) is 0 Å². The second-order valence-electron chi connectivity index (χ2n) is 11.0. The predicted molar refractivity (Wildman–Crippen MR) is 149 cm³/mol. The maximum absolute atomic E-state index is 13.1. The molecule has 0 unspecified atom stereocenters. The topological polar surface area (TPSA) is 137 Å². The normalized spacial score (nSPS) is 19.2. The molecule has 10 heteroatoms. The van der Waals surface area contributed by atoms with Crippen molar-refractivity contribution in [2.24, 2.45) is 0 Å². The first-order chi connectivity index (χ1) is 18.7. The van der Waals surface area contributed by atoms with Gasteiger partial charge >= 0.3 is 0 Å². The Bertz CT molecular complexity index is 1560. The van der Waals surface area contributed by atoms with E-state index in [1.165, 1.54) is 6.20 Å². The van der Waals surface area contributed by atoms with Crippen LogP contribution in [0.15, 0.2) is 48.8 Å². The van der Waals surface area contributed by atoms with E-state index < -0.39 is 17.7 Å². The lowest BCUT2D eigenvalue weighted by Gasteiger charge is -2.21. The quantitative estimate of drug-likeness (QED) is 0.233. The van der Waals surface area contributed by atoms with Gasteiger partial charge in [-0.15, -0.1) is 0 Å². The highest BCUT2D eigenvalue weighted by atomic mass is 16.3. The number of aliphatic hydroxyl groups is 2. The number of carbonyl (C=O) groups excluding carboxylic acids is 1. The van der Waals surface area contributed by atoms with E-state index in [9.17, 15) is 15.0 Å². The van der Waals surface area contributed by atoms with Crippen LogP contribution in [0.3, 0.4) is 0 Å². The van der Waals surface area contributed by atoms with Crippen molar-refractivity contribution < 1.29 is 15.0 Å². The molecule has 2 aliphatic rings. The highest BCUT2D eigenvalue weighted by Crippen LogP contribution is 2.36. The fourth-order valence-electron chi connectivity index (χ4n) is 5.15. The summed E-state index contributed by atoms with van der Waals surface area (Å²) in [6.07, 6.45) is 4.52. The van der Waals surface area contributed by atoms with Gasteiger partial charge in [0.05, 0.1) is 29.5 Å². The first kappa shape index (κ1) is 25.3. The number of aryl methyl sites for hydroxylation is 1. The third-order valence-electron chi connectivity index (χ3n) is 7.61. The lowest BCUT2D eigenvalue weighted by molar-refractivity contribution is 0.0896. The molecule has 0 saturated heterocycles. The Balaban J connectivity index is 1.34. The van der Waals surface area contributed by atoms with Crippen molar-refractivity contribution in [3.63, 3.8) is 0 Å². The Morgan fingerprint density at radius 1 is 1.21 bits per heavy atom. The minimum absolute atomic E-state index is 0.170. The van der Waals surface area contributed by atoms with E-state index in [4.69, 9.17) is 4.98 Å². The van der Waals surface area contributed by atoms with Gasteiger partial charge in [0.2, 0.25) is 5.95 Å². The van der Waals surface area contributed by atoms with Crippen LogP contribution in [-0.4, -0.2) is 54.1 Å². The number of fused-ring (bicyclic) bond motifs is 2. The van der Waals surface area contributed by atoms with Crippen LogP contribution in [0.2, 0.25) is 0 Å². The maximum atomic E-state index is 13.1. The molecule has 2 aromatic carbocycles. The van der Waals surface area contributed by atoms with Gasteiger partial charge in [-0.25, -0.2) is 4.98 Å². The molecule has 2 atom stereocenters. The number of aliphatic hydroxyl groups excluding tert-OH is 1. The number of carbonyl (C=O) groups is 1. The van der Waals surface area contributed by atoms with E-state index >= 15 is 0 Å². The number of nitrogens with one attached hydrogen (secondary N) is 3.